The van der Waals surface area contributed by atoms with Gasteiger partial charge < -0.3 is 24.6 Å². The SMILES string of the molecule is CCCCCC/C=C/CCCCCCCC(=O)OC[C@H](COP(=O)(O)OC[C@@H](O)CO)OC(=O)CCCCCCCCCCCCCCCCCCCCCCCC. The minimum Gasteiger partial charge on any atom is -0.462 e. The number of carbonyl (C=O) groups excluding carboxylic acids is 2. The number of esters is 2. The predicted molar refractivity (Wildman–Crippen MR) is 238 cm³/mol. The van der Waals surface area contributed by atoms with E-state index in [1.54, 1.807) is 0 Å². The number of carbonyl (C=O) groups is 2. The maximum atomic E-state index is 12.6. The van der Waals surface area contributed by atoms with Crippen molar-refractivity contribution in [1.29, 1.82) is 0 Å². The monoisotopic (exact) mass is 847 g/mol. The van der Waals surface area contributed by atoms with Crippen LogP contribution >= 0.6 is 7.82 Å². The van der Waals surface area contributed by atoms with E-state index in [1.807, 2.05) is 0 Å². The molecule has 3 atom stereocenters. The fourth-order valence-electron chi connectivity index (χ4n) is 6.93. The Morgan fingerprint density at radius 2 is 0.845 bits per heavy atom. The van der Waals surface area contributed by atoms with Crippen LogP contribution in [0, 0.1) is 0 Å². The minimum atomic E-state index is -4.62. The van der Waals surface area contributed by atoms with E-state index in [1.165, 1.54) is 141 Å². The average molecular weight is 847 g/mol. The lowest BCUT2D eigenvalue weighted by Crippen LogP contribution is -2.29. The van der Waals surface area contributed by atoms with Crippen LogP contribution in [0.25, 0.3) is 0 Å². The van der Waals surface area contributed by atoms with Crippen LogP contribution in [0.15, 0.2) is 12.2 Å². The van der Waals surface area contributed by atoms with Crippen molar-refractivity contribution in [2.75, 3.05) is 26.4 Å². The summed E-state index contributed by atoms with van der Waals surface area (Å²) in [6.45, 7) is 2.40. The molecule has 0 aromatic heterocycles. The van der Waals surface area contributed by atoms with Crippen molar-refractivity contribution in [3.05, 3.63) is 12.2 Å². The van der Waals surface area contributed by atoms with Crippen molar-refractivity contribution in [3.63, 3.8) is 0 Å². The van der Waals surface area contributed by atoms with Gasteiger partial charge in [-0.15, -0.1) is 0 Å². The number of rotatable bonds is 46. The number of hydrogen-bond donors (Lipinski definition) is 3. The van der Waals surface area contributed by atoms with Gasteiger partial charge in [0.2, 0.25) is 0 Å². The molecule has 0 aromatic rings. The highest BCUT2D eigenvalue weighted by Crippen LogP contribution is 2.43. The molecule has 58 heavy (non-hydrogen) atoms. The molecule has 0 aliphatic carbocycles. The van der Waals surface area contributed by atoms with Gasteiger partial charge in [-0.25, -0.2) is 4.57 Å². The van der Waals surface area contributed by atoms with Crippen LogP contribution in [0.2, 0.25) is 0 Å². The quantitative estimate of drug-likeness (QED) is 0.0234. The maximum Gasteiger partial charge on any atom is 0.472 e. The Kier molecular flexibility index (Phi) is 42.8. The first-order chi connectivity index (χ1) is 28.2. The number of phosphoric acid groups is 1. The highest BCUT2D eigenvalue weighted by Gasteiger charge is 2.27. The van der Waals surface area contributed by atoms with E-state index in [9.17, 15) is 24.2 Å². The second kappa shape index (κ2) is 43.8. The number of unbranched alkanes of at least 4 members (excludes halogenated alkanes) is 30. The third-order valence-electron chi connectivity index (χ3n) is 10.7. The summed E-state index contributed by atoms with van der Waals surface area (Å²) in [5.74, 6) is -0.922. The number of ether oxygens (including phenoxy) is 2. The molecule has 0 saturated carbocycles. The van der Waals surface area contributed by atoms with Crippen LogP contribution < -0.4 is 0 Å². The van der Waals surface area contributed by atoms with Crippen molar-refractivity contribution in [2.24, 2.45) is 0 Å². The molecule has 0 aromatic carbocycles. The lowest BCUT2D eigenvalue weighted by Gasteiger charge is -2.20. The fraction of sp³-hybridized carbons (Fsp3) is 0.915. The normalized spacial score (nSPS) is 13.8. The number of aliphatic hydroxyl groups is 2. The van der Waals surface area contributed by atoms with Crippen LogP contribution in [0.5, 0.6) is 0 Å². The van der Waals surface area contributed by atoms with Crippen molar-refractivity contribution < 1.29 is 47.8 Å². The van der Waals surface area contributed by atoms with Gasteiger partial charge in [0.1, 0.15) is 12.7 Å². The first-order valence-electron chi connectivity index (χ1n) is 24.1. The van der Waals surface area contributed by atoms with Crippen LogP contribution in [-0.4, -0.2) is 65.7 Å². The van der Waals surface area contributed by atoms with Crippen molar-refractivity contribution >= 4 is 19.8 Å². The van der Waals surface area contributed by atoms with Gasteiger partial charge in [-0.3, -0.25) is 18.6 Å². The molecule has 0 spiro atoms. The zero-order chi connectivity index (χ0) is 42.6. The molecular weight excluding hydrogens is 755 g/mol. The van der Waals surface area contributed by atoms with E-state index < -0.39 is 51.8 Å². The van der Waals surface area contributed by atoms with Crippen molar-refractivity contribution in [2.45, 2.75) is 251 Å². The highest BCUT2D eigenvalue weighted by molar-refractivity contribution is 7.47. The van der Waals surface area contributed by atoms with Gasteiger partial charge >= 0.3 is 19.8 Å². The van der Waals surface area contributed by atoms with E-state index in [4.69, 9.17) is 23.6 Å². The van der Waals surface area contributed by atoms with E-state index in [-0.39, 0.29) is 19.4 Å². The van der Waals surface area contributed by atoms with Gasteiger partial charge in [-0.2, -0.15) is 0 Å². The van der Waals surface area contributed by atoms with Crippen LogP contribution in [0.1, 0.15) is 239 Å². The van der Waals surface area contributed by atoms with E-state index in [2.05, 4.69) is 26.0 Å². The summed E-state index contributed by atoms with van der Waals surface area (Å²) < 4.78 is 32.8. The topological polar surface area (TPSA) is 149 Å². The second-order valence-corrected chi connectivity index (χ2v) is 17.9. The molecule has 3 N–H and O–H groups in total. The second-order valence-electron chi connectivity index (χ2n) is 16.5. The van der Waals surface area contributed by atoms with Gasteiger partial charge in [-0.1, -0.05) is 199 Å². The zero-order valence-corrected chi connectivity index (χ0v) is 38.4. The van der Waals surface area contributed by atoms with E-state index in [0.29, 0.717) is 12.8 Å². The predicted octanol–water partition coefficient (Wildman–Crippen LogP) is 13.2. The molecule has 10 nitrogen and oxygen atoms in total. The Bertz CT molecular complexity index is 977. The van der Waals surface area contributed by atoms with Gasteiger partial charge in [0.05, 0.1) is 19.8 Å². The Morgan fingerprint density at radius 3 is 1.26 bits per heavy atom. The lowest BCUT2D eigenvalue weighted by atomic mass is 10.0. The van der Waals surface area contributed by atoms with Crippen LogP contribution in [0.3, 0.4) is 0 Å². The van der Waals surface area contributed by atoms with E-state index in [0.717, 1.165) is 57.8 Å². The van der Waals surface area contributed by atoms with Crippen molar-refractivity contribution in [3.8, 4) is 0 Å². The minimum absolute atomic E-state index is 0.189. The number of phosphoric ester groups is 1. The molecule has 1 unspecified atom stereocenters. The van der Waals surface area contributed by atoms with Gasteiger partial charge in [0.15, 0.2) is 6.10 Å². The summed E-state index contributed by atoms with van der Waals surface area (Å²) in [4.78, 5) is 35.0. The summed E-state index contributed by atoms with van der Waals surface area (Å²) in [5.41, 5.74) is 0. The molecule has 0 radical (unpaired) electrons. The first kappa shape index (κ1) is 56.7. The molecule has 0 fully saturated rings. The zero-order valence-electron chi connectivity index (χ0n) is 37.5. The highest BCUT2D eigenvalue weighted by atomic mass is 31.2. The number of hydrogen-bond acceptors (Lipinski definition) is 9. The van der Waals surface area contributed by atoms with Gasteiger partial charge in [-0.05, 0) is 38.5 Å². The third kappa shape index (κ3) is 42.8. The summed E-state index contributed by atoms with van der Waals surface area (Å²) in [6.07, 6.45) is 43.3. The Labute approximate surface area is 356 Å². The Hall–Kier alpha value is -1.29. The smallest absolute Gasteiger partial charge is 0.462 e. The van der Waals surface area contributed by atoms with Gasteiger partial charge in [0.25, 0.3) is 0 Å². The molecule has 344 valence electrons. The van der Waals surface area contributed by atoms with Crippen LogP contribution in [-0.2, 0) is 32.7 Å². The molecule has 11 heteroatoms. The Morgan fingerprint density at radius 1 is 0.500 bits per heavy atom. The number of aliphatic hydroxyl groups excluding tert-OH is 2. The van der Waals surface area contributed by atoms with Crippen molar-refractivity contribution in [1.82, 2.24) is 0 Å². The maximum absolute atomic E-state index is 12.6. The fourth-order valence-corrected chi connectivity index (χ4v) is 7.72. The number of allylic oxidation sites excluding steroid dienone is 2. The summed E-state index contributed by atoms with van der Waals surface area (Å²) in [5, 5.41) is 18.4. The van der Waals surface area contributed by atoms with Crippen LogP contribution in [0.4, 0.5) is 0 Å². The standard InChI is InChI=1S/C47H91O10P/c1-3-5-7-9-11-13-15-17-18-19-20-21-22-23-24-25-27-29-31-33-35-37-39-47(51)57-45(43-56-58(52,53)55-41-44(49)40-48)42-54-46(50)38-36-34-32-30-28-26-16-14-12-10-8-6-4-2/h14,16,44-45,48-49H,3-13,15,17-43H2,1-2H3,(H,52,53)/b16-14+/t44-,45+/m0/s1. The molecule has 0 heterocycles. The molecule has 0 aliphatic rings. The lowest BCUT2D eigenvalue weighted by molar-refractivity contribution is -0.161. The Balaban J connectivity index is 4.14. The summed E-state index contributed by atoms with van der Waals surface area (Å²) >= 11 is 0. The molecule has 0 saturated heterocycles. The molecule has 0 amide bonds. The molecular formula is C47H91O10P. The van der Waals surface area contributed by atoms with Gasteiger partial charge in [0, 0.05) is 12.8 Å². The van der Waals surface area contributed by atoms with E-state index >= 15 is 0 Å². The third-order valence-corrected chi connectivity index (χ3v) is 11.6. The first-order valence-corrected chi connectivity index (χ1v) is 25.6. The molecule has 0 rings (SSSR count). The largest absolute Gasteiger partial charge is 0.472 e. The summed E-state index contributed by atoms with van der Waals surface area (Å²) in [6, 6.07) is 0. The molecule has 0 bridgehead atoms. The molecule has 0 aliphatic heterocycles. The average Bonchev–Trinajstić information content (AvgIpc) is 3.21. The summed E-state index contributed by atoms with van der Waals surface area (Å²) in [7, 11) is -4.62.